The fourth-order valence-corrected chi connectivity index (χ4v) is 6.44. The van der Waals surface area contributed by atoms with Crippen LogP contribution in [0.4, 0.5) is 0 Å². The van der Waals surface area contributed by atoms with Crippen molar-refractivity contribution in [2.75, 3.05) is 0 Å². The van der Waals surface area contributed by atoms with Gasteiger partial charge in [0.2, 0.25) is 5.91 Å². The summed E-state index contributed by atoms with van der Waals surface area (Å²) >= 11 is 4.43. The molecule has 1 aromatic rings. The molecule has 0 aromatic carbocycles. The van der Waals surface area contributed by atoms with E-state index in [9.17, 15) is 9.36 Å². The number of carbonyl (C=O) groups excluding carboxylic acids is 1. The molecule has 1 fully saturated rings. The van der Waals surface area contributed by atoms with Gasteiger partial charge in [-0.05, 0) is 72.1 Å². The monoisotopic (exact) mass is 486 g/mol. The molecule has 0 aliphatic heterocycles. The summed E-state index contributed by atoms with van der Waals surface area (Å²) in [4.78, 5) is 12.4. The maximum atomic E-state index is 13.0. The summed E-state index contributed by atoms with van der Waals surface area (Å²) < 4.78 is 20.9. The first-order chi connectivity index (χ1) is 15.1. The third-order valence-corrected chi connectivity index (χ3v) is 10.8. The zero-order chi connectivity index (χ0) is 23.8. The smallest absolute Gasteiger partial charge is 0.260 e. The molecule has 32 heavy (non-hydrogen) atoms. The number of aromatic nitrogens is 3. The first-order valence-corrected chi connectivity index (χ1v) is 15.1. The number of aryl methyl sites for hydroxylation is 1. The fraction of sp³-hybridized carbons (Fsp3) is 0.870. The van der Waals surface area contributed by atoms with Crippen molar-refractivity contribution >= 4 is 24.7 Å². The Bertz CT molecular complexity index is 762. The molecule has 2 atom stereocenters. The molecule has 1 aromatic heterocycles. The van der Waals surface area contributed by atoms with E-state index in [4.69, 9.17) is 4.52 Å². The molecule has 0 spiro atoms. The Morgan fingerprint density at radius 1 is 1.31 bits per heavy atom. The Hall–Kier alpha value is -0.850. The molecule has 1 aliphatic carbocycles. The molecule has 0 bridgehead atoms. The van der Waals surface area contributed by atoms with Crippen LogP contribution in [0.25, 0.3) is 0 Å². The lowest BCUT2D eigenvalue weighted by Gasteiger charge is -2.36. The quantitative estimate of drug-likeness (QED) is 0.260. The number of nitrogens with zero attached hydrogens (tertiary/aromatic N) is 3. The highest BCUT2D eigenvalue weighted by Gasteiger charge is 2.40. The van der Waals surface area contributed by atoms with Crippen molar-refractivity contribution in [3.63, 3.8) is 0 Å². The largest absolute Gasteiger partial charge is 0.353 e. The van der Waals surface area contributed by atoms with Crippen molar-refractivity contribution in [2.24, 2.45) is 0 Å². The summed E-state index contributed by atoms with van der Waals surface area (Å²) in [7, 11) is 0. The van der Waals surface area contributed by atoms with Crippen LogP contribution in [0, 0.1) is 0 Å². The van der Waals surface area contributed by atoms with E-state index in [1.54, 1.807) is 0 Å². The summed E-state index contributed by atoms with van der Waals surface area (Å²) in [6.45, 7) is 7.36. The third-order valence-electron chi connectivity index (χ3n) is 6.51. The van der Waals surface area contributed by atoms with Crippen LogP contribution in [-0.2, 0) is 20.3 Å². The number of nitrogens with one attached hydrogen (secondary N) is 1. The highest BCUT2D eigenvalue weighted by Crippen LogP contribution is 2.65. The molecule has 2 unspecified atom stereocenters. The third kappa shape index (κ3) is 8.18. The predicted octanol–water partition coefficient (Wildman–Crippen LogP) is 6.11. The average Bonchev–Trinajstić information content (AvgIpc) is 3.18. The van der Waals surface area contributed by atoms with Crippen LogP contribution in [0.3, 0.4) is 0 Å². The number of hydrogen-bond acceptors (Lipinski definition) is 5. The number of thiol groups is 1. The second-order valence-electron chi connectivity index (χ2n) is 9.91. The molecule has 1 heterocycles. The number of amides is 1. The Labute approximate surface area is 199 Å². The molecule has 1 N–H and O–H groups in total. The lowest BCUT2D eigenvalue weighted by molar-refractivity contribution is -0.122. The van der Waals surface area contributed by atoms with Gasteiger partial charge in [-0.2, -0.15) is 0 Å². The minimum absolute atomic E-state index is 0.0414. The zero-order valence-electron chi connectivity index (χ0n) is 20.5. The second kappa shape index (κ2) is 12.6. The van der Waals surface area contributed by atoms with Gasteiger partial charge < -0.3 is 9.84 Å². The van der Waals surface area contributed by atoms with Crippen LogP contribution in [0.1, 0.15) is 111 Å². The van der Waals surface area contributed by atoms with Gasteiger partial charge in [0.25, 0.3) is 6.57 Å². The molecule has 1 amide bonds. The Morgan fingerprint density at radius 3 is 2.62 bits per heavy atom. The van der Waals surface area contributed by atoms with E-state index in [2.05, 4.69) is 48.6 Å². The van der Waals surface area contributed by atoms with Crippen molar-refractivity contribution in [2.45, 2.75) is 129 Å². The minimum Gasteiger partial charge on any atom is -0.353 e. The van der Waals surface area contributed by atoms with E-state index in [-0.39, 0.29) is 18.1 Å². The Kier molecular flexibility index (Phi) is 10.8. The molecular weight excluding hydrogens is 443 g/mol. The van der Waals surface area contributed by atoms with Crippen molar-refractivity contribution < 1.29 is 13.9 Å². The Morgan fingerprint density at radius 2 is 2.00 bits per heavy atom. The first kappa shape index (κ1) is 27.4. The van der Waals surface area contributed by atoms with Gasteiger partial charge in [0.15, 0.2) is 0 Å². The van der Waals surface area contributed by atoms with Gasteiger partial charge in [0, 0.05) is 18.7 Å². The normalized spacial score (nSPS) is 22.3. The van der Waals surface area contributed by atoms with Crippen LogP contribution in [0.5, 0.6) is 0 Å². The highest BCUT2D eigenvalue weighted by molar-refractivity contribution is 8.46. The maximum absolute atomic E-state index is 13.0. The summed E-state index contributed by atoms with van der Waals surface area (Å²) in [6.07, 6.45) is 11.3. The van der Waals surface area contributed by atoms with Gasteiger partial charge in [-0.15, -0.1) is 5.10 Å². The highest BCUT2D eigenvalue weighted by atomic mass is 32.7. The van der Waals surface area contributed by atoms with Crippen molar-refractivity contribution in [1.29, 1.82) is 0 Å². The summed E-state index contributed by atoms with van der Waals surface area (Å²) in [5, 5.41) is 11.2. The molecule has 9 heteroatoms. The van der Waals surface area contributed by atoms with Crippen molar-refractivity contribution in [3.8, 4) is 0 Å². The van der Waals surface area contributed by atoms with Crippen LogP contribution >= 0.6 is 18.8 Å². The lowest BCUT2D eigenvalue weighted by Crippen LogP contribution is -2.39. The van der Waals surface area contributed by atoms with E-state index < -0.39 is 11.7 Å². The summed E-state index contributed by atoms with van der Waals surface area (Å²) in [5.41, 5.74) is 0.945. The van der Waals surface area contributed by atoms with Crippen LogP contribution < -0.4 is 5.32 Å². The minimum atomic E-state index is -2.99. The number of rotatable bonds is 13. The standard InChI is InChI=1S/C23H43N4O3PS/c1-6-9-18(3)27-17-20(25-26-27)10-8-11-22(28)24-19-12-14-21(15-13-19)30-31(29,32)23(4,5)16-7-2/h17-19,21H,6-16H2,1-5H3,(H,24,28)(H,29,32). The SMILES string of the molecule is CCCC(C)n1cc(CCCC(=O)NC2CCC(OP(=O)(S)C(C)(C)CCC)CC2)nn1. The van der Waals surface area contributed by atoms with Crippen LogP contribution in [-0.4, -0.2) is 38.2 Å². The zero-order valence-corrected chi connectivity index (χ0v) is 22.3. The molecule has 1 saturated carbocycles. The number of hydrogen-bond donors (Lipinski definition) is 2. The van der Waals surface area contributed by atoms with Gasteiger partial charge in [-0.25, -0.2) is 4.68 Å². The topological polar surface area (TPSA) is 86.1 Å². The van der Waals surface area contributed by atoms with E-state index in [0.717, 1.165) is 69.9 Å². The molecule has 2 rings (SSSR count). The van der Waals surface area contributed by atoms with Crippen molar-refractivity contribution in [1.82, 2.24) is 20.3 Å². The Balaban J connectivity index is 1.68. The molecule has 1 aliphatic rings. The van der Waals surface area contributed by atoms with Crippen molar-refractivity contribution in [3.05, 3.63) is 11.9 Å². The molecule has 7 nitrogen and oxygen atoms in total. The molecule has 0 radical (unpaired) electrons. The fourth-order valence-electron chi connectivity index (χ4n) is 4.33. The first-order valence-electron chi connectivity index (χ1n) is 12.3. The molecule has 0 saturated heterocycles. The van der Waals surface area contributed by atoms with Gasteiger partial charge in [0.1, 0.15) is 0 Å². The number of carbonyl (C=O) groups is 1. The van der Waals surface area contributed by atoms with Gasteiger partial charge >= 0.3 is 0 Å². The van der Waals surface area contributed by atoms with Crippen LogP contribution in [0.2, 0.25) is 0 Å². The van der Waals surface area contributed by atoms with Gasteiger partial charge in [-0.1, -0.05) is 44.2 Å². The molecule has 184 valence electrons. The van der Waals surface area contributed by atoms with E-state index in [1.807, 2.05) is 24.7 Å². The van der Waals surface area contributed by atoms with Crippen LogP contribution in [0.15, 0.2) is 6.20 Å². The lowest BCUT2D eigenvalue weighted by atomic mass is 9.93. The van der Waals surface area contributed by atoms with E-state index in [1.165, 1.54) is 0 Å². The summed E-state index contributed by atoms with van der Waals surface area (Å²) in [6, 6.07) is 0.527. The summed E-state index contributed by atoms with van der Waals surface area (Å²) in [5.74, 6) is 0.0880. The van der Waals surface area contributed by atoms with Gasteiger partial charge in [0.05, 0.1) is 23.0 Å². The van der Waals surface area contributed by atoms with E-state index >= 15 is 0 Å². The predicted molar refractivity (Wildman–Crippen MR) is 133 cm³/mol. The second-order valence-corrected chi connectivity index (χ2v) is 14.0. The maximum Gasteiger partial charge on any atom is 0.260 e. The van der Waals surface area contributed by atoms with Gasteiger partial charge in [-0.3, -0.25) is 9.36 Å². The van der Waals surface area contributed by atoms with E-state index in [0.29, 0.717) is 12.5 Å². The molecular formula is C23H43N4O3PS. The average molecular weight is 487 g/mol.